The van der Waals surface area contributed by atoms with Gasteiger partial charge in [0, 0.05) is 24.5 Å². The first-order valence-electron chi connectivity index (χ1n) is 6.80. The first kappa shape index (κ1) is 14.2. The molecule has 2 N–H and O–H groups in total. The molecule has 1 aliphatic rings. The standard InChI is InChI=1S/C15H13FN2O4/c16-9-1-2-10-11(6-13(19)17-12(10)5-9)14(20)18-4-3-8(7-18)15(21)22/h1-2,5-6,8H,3-4,7H2,(H,17,19)(H,21,22). The number of aromatic amines is 1. The Hall–Kier alpha value is -2.70. The molecule has 1 fully saturated rings. The van der Waals surface area contributed by atoms with E-state index in [9.17, 15) is 18.8 Å². The minimum Gasteiger partial charge on any atom is -0.481 e. The number of rotatable bonds is 2. The predicted octanol–water partition coefficient (Wildman–Crippen LogP) is 1.21. The van der Waals surface area contributed by atoms with Gasteiger partial charge in [-0.3, -0.25) is 14.4 Å². The average molecular weight is 304 g/mol. The molecule has 2 aromatic rings. The molecule has 6 nitrogen and oxygen atoms in total. The maximum Gasteiger partial charge on any atom is 0.308 e. The van der Waals surface area contributed by atoms with Gasteiger partial charge in [-0.2, -0.15) is 0 Å². The highest BCUT2D eigenvalue weighted by atomic mass is 19.1. The second-order valence-corrected chi connectivity index (χ2v) is 5.31. The minimum absolute atomic E-state index is 0.115. The van der Waals surface area contributed by atoms with E-state index in [2.05, 4.69) is 4.98 Å². The highest BCUT2D eigenvalue weighted by Crippen LogP contribution is 2.22. The summed E-state index contributed by atoms with van der Waals surface area (Å²) in [5.41, 5.74) is -0.106. The van der Waals surface area contributed by atoms with Crippen molar-refractivity contribution in [2.45, 2.75) is 6.42 Å². The Bertz CT molecular complexity index is 830. The molecule has 1 aromatic carbocycles. The first-order valence-corrected chi connectivity index (χ1v) is 6.80. The molecule has 7 heteroatoms. The number of carbonyl (C=O) groups is 2. The van der Waals surface area contributed by atoms with Crippen LogP contribution in [0, 0.1) is 11.7 Å². The summed E-state index contributed by atoms with van der Waals surface area (Å²) in [6.45, 7) is 0.439. The average Bonchev–Trinajstić information content (AvgIpc) is 2.95. The van der Waals surface area contributed by atoms with Crippen molar-refractivity contribution >= 4 is 22.8 Å². The normalized spacial score (nSPS) is 17.9. The Morgan fingerprint density at radius 2 is 2.09 bits per heavy atom. The molecule has 22 heavy (non-hydrogen) atoms. The Labute approximate surface area is 124 Å². The number of nitrogens with zero attached hydrogens (tertiary/aromatic N) is 1. The number of carboxylic acids is 1. The van der Waals surface area contributed by atoms with Crippen molar-refractivity contribution < 1.29 is 19.1 Å². The minimum atomic E-state index is -0.937. The number of benzene rings is 1. The second-order valence-electron chi connectivity index (χ2n) is 5.31. The summed E-state index contributed by atoms with van der Waals surface area (Å²) < 4.78 is 13.3. The molecular weight excluding hydrogens is 291 g/mol. The number of nitrogens with one attached hydrogen (secondary N) is 1. The van der Waals surface area contributed by atoms with Crippen LogP contribution < -0.4 is 5.56 Å². The highest BCUT2D eigenvalue weighted by molar-refractivity contribution is 6.06. The topological polar surface area (TPSA) is 90.5 Å². The number of halogens is 1. The van der Waals surface area contributed by atoms with E-state index >= 15 is 0 Å². The van der Waals surface area contributed by atoms with Crippen LogP contribution in [0.2, 0.25) is 0 Å². The van der Waals surface area contributed by atoms with E-state index in [0.717, 1.165) is 12.1 Å². The van der Waals surface area contributed by atoms with Crippen LogP contribution in [-0.2, 0) is 4.79 Å². The summed E-state index contributed by atoms with van der Waals surface area (Å²) in [5, 5.41) is 9.43. The van der Waals surface area contributed by atoms with Gasteiger partial charge in [-0.25, -0.2) is 4.39 Å². The van der Waals surface area contributed by atoms with Gasteiger partial charge in [-0.05, 0) is 24.6 Å². The van der Waals surface area contributed by atoms with Crippen LogP contribution in [0.3, 0.4) is 0 Å². The fourth-order valence-electron chi connectivity index (χ4n) is 2.73. The van der Waals surface area contributed by atoms with Crippen LogP contribution in [0.5, 0.6) is 0 Å². The Kier molecular flexibility index (Phi) is 3.40. The molecule has 1 saturated heterocycles. The molecule has 1 amide bonds. The van der Waals surface area contributed by atoms with Crippen LogP contribution in [0.25, 0.3) is 10.9 Å². The van der Waals surface area contributed by atoms with Gasteiger partial charge in [0.1, 0.15) is 5.82 Å². The highest BCUT2D eigenvalue weighted by Gasteiger charge is 2.32. The molecule has 3 rings (SSSR count). The fraction of sp³-hybridized carbons (Fsp3) is 0.267. The largest absolute Gasteiger partial charge is 0.481 e. The van der Waals surface area contributed by atoms with E-state index in [1.807, 2.05) is 0 Å². The maximum atomic E-state index is 13.3. The monoisotopic (exact) mass is 304 g/mol. The maximum absolute atomic E-state index is 13.3. The molecule has 0 spiro atoms. The number of carboxylic acid groups (broad SMARTS) is 1. The van der Waals surface area contributed by atoms with Crippen LogP contribution in [0.4, 0.5) is 4.39 Å². The Balaban J connectivity index is 2.01. The summed E-state index contributed by atoms with van der Waals surface area (Å²) in [6.07, 6.45) is 0.386. The van der Waals surface area contributed by atoms with Gasteiger partial charge < -0.3 is 15.0 Å². The van der Waals surface area contributed by atoms with Gasteiger partial charge in [0.2, 0.25) is 5.56 Å². The number of amides is 1. The van der Waals surface area contributed by atoms with Crippen molar-refractivity contribution in [3.63, 3.8) is 0 Å². The molecule has 1 aromatic heterocycles. The zero-order valence-corrected chi connectivity index (χ0v) is 11.5. The Morgan fingerprint density at radius 3 is 2.77 bits per heavy atom. The Morgan fingerprint density at radius 1 is 1.32 bits per heavy atom. The predicted molar refractivity (Wildman–Crippen MR) is 76.2 cm³/mol. The van der Waals surface area contributed by atoms with Crippen molar-refractivity contribution in [2.24, 2.45) is 5.92 Å². The number of H-pyrrole nitrogens is 1. The molecule has 1 unspecified atom stereocenters. The summed E-state index contributed by atoms with van der Waals surface area (Å²) in [5.74, 6) is -2.45. The fourth-order valence-corrected chi connectivity index (χ4v) is 2.73. The molecular formula is C15H13FN2O4. The molecule has 0 saturated carbocycles. The quantitative estimate of drug-likeness (QED) is 0.872. The third-order valence-corrected chi connectivity index (χ3v) is 3.86. The van der Waals surface area contributed by atoms with Crippen molar-refractivity contribution in [2.75, 3.05) is 13.1 Å². The van der Waals surface area contributed by atoms with Crippen LogP contribution in [0.15, 0.2) is 29.1 Å². The van der Waals surface area contributed by atoms with Gasteiger partial charge in [0.15, 0.2) is 0 Å². The smallest absolute Gasteiger partial charge is 0.308 e. The van der Waals surface area contributed by atoms with E-state index < -0.39 is 29.2 Å². The summed E-state index contributed by atoms with van der Waals surface area (Å²) in [7, 11) is 0. The van der Waals surface area contributed by atoms with Gasteiger partial charge in [-0.1, -0.05) is 0 Å². The lowest BCUT2D eigenvalue weighted by atomic mass is 10.1. The number of likely N-dealkylation sites (tertiary alicyclic amines) is 1. The number of hydrogen-bond donors (Lipinski definition) is 2. The summed E-state index contributed by atoms with van der Waals surface area (Å²) >= 11 is 0. The van der Waals surface area contributed by atoms with Crippen LogP contribution >= 0.6 is 0 Å². The third-order valence-electron chi connectivity index (χ3n) is 3.86. The number of aromatic nitrogens is 1. The van der Waals surface area contributed by atoms with Gasteiger partial charge in [-0.15, -0.1) is 0 Å². The van der Waals surface area contributed by atoms with E-state index in [-0.39, 0.29) is 17.6 Å². The number of carbonyl (C=O) groups excluding carboxylic acids is 1. The lowest BCUT2D eigenvalue weighted by molar-refractivity contribution is -0.141. The molecule has 2 heterocycles. The van der Waals surface area contributed by atoms with E-state index in [1.165, 1.54) is 17.0 Å². The number of hydrogen-bond acceptors (Lipinski definition) is 3. The third kappa shape index (κ3) is 2.45. The zero-order chi connectivity index (χ0) is 15.9. The molecule has 1 aliphatic heterocycles. The molecule has 1 atom stereocenters. The number of aliphatic carboxylic acids is 1. The van der Waals surface area contributed by atoms with E-state index in [4.69, 9.17) is 5.11 Å². The SMILES string of the molecule is O=C(O)C1CCN(C(=O)c2cc(=O)[nH]c3cc(F)ccc23)C1. The van der Waals surface area contributed by atoms with Crippen molar-refractivity contribution in [1.29, 1.82) is 0 Å². The molecule has 0 bridgehead atoms. The van der Waals surface area contributed by atoms with Gasteiger partial charge >= 0.3 is 5.97 Å². The lowest BCUT2D eigenvalue weighted by Gasteiger charge is -2.16. The number of fused-ring (bicyclic) bond motifs is 1. The van der Waals surface area contributed by atoms with Gasteiger partial charge in [0.05, 0.1) is 17.0 Å². The molecule has 0 radical (unpaired) electrons. The first-order chi connectivity index (χ1) is 10.5. The number of pyridine rings is 1. The zero-order valence-electron chi connectivity index (χ0n) is 11.5. The second kappa shape index (κ2) is 5.25. The summed E-state index contributed by atoms with van der Waals surface area (Å²) in [6, 6.07) is 4.95. The van der Waals surface area contributed by atoms with Crippen molar-refractivity contribution in [3.8, 4) is 0 Å². The molecule has 0 aliphatic carbocycles. The van der Waals surface area contributed by atoms with Crippen molar-refractivity contribution in [3.05, 3.63) is 46.0 Å². The van der Waals surface area contributed by atoms with Crippen molar-refractivity contribution in [1.82, 2.24) is 9.88 Å². The van der Waals surface area contributed by atoms with Crippen LogP contribution in [-0.4, -0.2) is 40.0 Å². The summed E-state index contributed by atoms with van der Waals surface area (Å²) in [4.78, 5) is 39.1. The molecule has 114 valence electrons. The van der Waals surface area contributed by atoms with Gasteiger partial charge in [0.25, 0.3) is 5.91 Å². The van der Waals surface area contributed by atoms with E-state index in [1.54, 1.807) is 0 Å². The van der Waals surface area contributed by atoms with E-state index in [0.29, 0.717) is 18.4 Å². The lowest BCUT2D eigenvalue weighted by Crippen LogP contribution is -2.31. The van der Waals surface area contributed by atoms with Crippen LogP contribution in [0.1, 0.15) is 16.8 Å².